The maximum absolute atomic E-state index is 12.5. The van der Waals surface area contributed by atoms with Crippen LogP contribution in [0.2, 0.25) is 0 Å². The minimum absolute atomic E-state index is 0.124. The monoisotopic (exact) mass is 357 g/mol. The molecule has 5 N–H and O–H groups in total. The van der Waals surface area contributed by atoms with Crippen LogP contribution in [0, 0.1) is 17.8 Å². The molecule has 3 atom stereocenters. The Balaban J connectivity index is 5.02. The molecule has 7 nitrogen and oxygen atoms in total. The lowest BCUT2D eigenvalue weighted by molar-refractivity contribution is -0.142. The number of amides is 2. The highest BCUT2D eigenvalue weighted by Gasteiger charge is 2.28. The van der Waals surface area contributed by atoms with E-state index < -0.39 is 30.0 Å². The summed E-state index contributed by atoms with van der Waals surface area (Å²) in [4.78, 5) is 36.1. The van der Waals surface area contributed by atoms with E-state index in [9.17, 15) is 19.5 Å². The summed E-state index contributed by atoms with van der Waals surface area (Å²) in [6, 6.07) is -2.45. The van der Waals surface area contributed by atoms with Gasteiger partial charge in [0.15, 0.2) is 0 Å². The Labute approximate surface area is 151 Å². The maximum atomic E-state index is 12.5. The maximum Gasteiger partial charge on any atom is 0.326 e. The number of carbonyl (C=O) groups is 3. The SMILES string of the molecule is CC(C)C[C@@H](N)C(=O)N[C@H](CC(C)C)C(=O)N[C@@H](CC(C)C)C(=O)O. The van der Waals surface area contributed by atoms with E-state index in [4.69, 9.17) is 5.73 Å². The average molecular weight is 357 g/mol. The van der Waals surface area contributed by atoms with Gasteiger partial charge in [0.1, 0.15) is 12.1 Å². The van der Waals surface area contributed by atoms with E-state index in [1.54, 1.807) is 0 Å². The summed E-state index contributed by atoms with van der Waals surface area (Å²) in [5.74, 6) is -1.39. The Kier molecular flexibility index (Phi) is 10.4. The van der Waals surface area contributed by atoms with Gasteiger partial charge in [-0.05, 0) is 37.0 Å². The van der Waals surface area contributed by atoms with Gasteiger partial charge in [0, 0.05) is 0 Å². The molecule has 0 unspecified atom stereocenters. The highest BCUT2D eigenvalue weighted by atomic mass is 16.4. The third kappa shape index (κ3) is 10.1. The van der Waals surface area contributed by atoms with Gasteiger partial charge in [-0.25, -0.2) is 4.79 Å². The van der Waals surface area contributed by atoms with E-state index in [2.05, 4.69) is 10.6 Å². The Morgan fingerprint density at radius 1 is 0.760 bits per heavy atom. The van der Waals surface area contributed by atoms with E-state index in [1.807, 2.05) is 41.5 Å². The number of carboxylic acid groups (broad SMARTS) is 1. The number of aliphatic carboxylic acids is 1. The van der Waals surface area contributed by atoms with Crippen LogP contribution in [0.25, 0.3) is 0 Å². The first-order chi connectivity index (χ1) is 11.4. The van der Waals surface area contributed by atoms with E-state index in [1.165, 1.54) is 0 Å². The summed E-state index contributed by atoms with van der Waals surface area (Å²) in [7, 11) is 0. The van der Waals surface area contributed by atoms with Gasteiger partial charge in [0.05, 0.1) is 6.04 Å². The van der Waals surface area contributed by atoms with Crippen LogP contribution in [0.3, 0.4) is 0 Å². The number of carbonyl (C=O) groups excluding carboxylic acids is 2. The Hall–Kier alpha value is -1.63. The molecule has 0 aromatic carbocycles. The van der Waals surface area contributed by atoms with Gasteiger partial charge < -0.3 is 21.5 Å². The second-order valence-corrected chi connectivity index (χ2v) is 7.96. The Morgan fingerprint density at radius 3 is 1.56 bits per heavy atom. The standard InChI is InChI=1S/C18H35N3O4/c1-10(2)7-13(19)16(22)20-14(8-11(3)4)17(23)21-15(18(24)25)9-12(5)6/h10-15H,7-9,19H2,1-6H3,(H,20,22)(H,21,23)(H,24,25)/t13-,14-,15+/m1/s1. The molecule has 0 aliphatic rings. The lowest BCUT2D eigenvalue weighted by Gasteiger charge is -2.25. The molecule has 0 heterocycles. The number of nitrogens with two attached hydrogens (primary N) is 1. The van der Waals surface area contributed by atoms with Crippen LogP contribution < -0.4 is 16.4 Å². The van der Waals surface area contributed by atoms with Crippen LogP contribution in [-0.2, 0) is 14.4 Å². The molecule has 0 saturated carbocycles. The van der Waals surface area contributed by atoms with Crippen molar-refractivity contribution < 1.29 is 19.5 Å². The molecule has 25 heavy (non-hydrogen) atoms. The molecule has 0 aliphatic carbocycles. The van der Waals surface area contributed by atoms with Crippen LogP contribution in [0.1, 0.15) is 60.8 Å². The molecular formula is C18H35N3O4. The lowest BCUT2D eigenvalue weighted by Crippen LogP contribution is -2.55. The van der Waals surface area contributed by atoms with Gasteiger partial charge in [0.25, 0.3) is 0 Å². The van der Waals surface area contributed by atoms with Crippen LogP contribution in [0.15, 0.2) is 0 Å². The molecule has 0 saturated heterocycles. The van der Waals surface area contributed by atoms with Crippen molar-refractivity contribution in [3.05, 3.63) is 0 Å². The molecule has 146 valence electrons. The molecule has 0 rings (SSSR count). The summed E-state index contributed by atoms with van der Waals surface area (Å²) >= 11 is 0. The zero-order chi connectivity index (χ0) is 19.7. The Morgan fingerprint density at radius 2 is 1.16 bits per heavy atom. The summed E-state index contributed by atoms with van der Waals surface area (Å²) in [6.45, 7) is 11.6. The van der Waals surface area contributed by atoms with Crippen molar-refractivity contribution in [2.75, 3.05) is 0 Å². The zero-order valence-electron chi connectivity index (χ0n) is 16.3. The van der Waals surface area contributed by atoms with Gasteiger partial charge >= 0.3 is 5.97 Å². The van der Waals surface area contributed by atoms with Crippen LogP contribution in [-0.4, -0.2) is 41.0 Å². The molecule has 0 radical (unpaired) electrons. The fraction of sp³-hybridized carbons (Fsp3) is 0.833. The van der Waals surface area contributed by atoms with Crippen molar-refractivity contribution in [3.63, 3.8) is 0 Å². The summed E-state index contributed by atoms with van der Waals surface area (Å²) in [5.41, 5.74) is 5.87. The van der Waals surface area contributed by atoms with Crippen LogP contribution >= 0.6 is 0 Å². The molecular weight excluding hydrogens is 322 g/mol. The molecule has 2 amide bonds. The van der Waals surface area contributed by atoms with Gasteiger partial charge in [0.2, 0.25) is 11.8 Å². The van der Waals surface area contributed by atoms with Gasteiger partial charge in [-0.15, -0.1) is 0 Å². The van der Waals surface area contributed by atoms with Crippen LogP contribution in [0.4, 0.5) is 0 Å². The zero-order valence-corrected chi connectivity index (χ0v) is 16.3. The van der Waals surface area contributed by atoms with Crippen molar-refractivity contribution >= 4 is 17.8 Å². The number of rotatable bonds is 11. The van der Waals surface area contributed by atoms with Crippen molar-refractivity contribution in [2.45, 2.75) is 78.9 Å². The summed E-state index contributed by atoms with van der Waals surface area (Å²) in [5, 5.41) is 14.5. The number of carboxylic acids is 1. The number of nitrogens with one attached hydrogen (secondary N) is 2. The predicted octanol–water partition coefficient (Wildman–Crippen LogP) is 1.51. The first kappa shape index (κ1) is 23.4. The van der Waals surface area contributed by atoms with Crippen LogP contribution in [0.5, 0.6) is 0 Å². The third-order valence-electron chi connectivity index (χ3n) is 3.72. The molecule has 7 heteroatoms. The van der Waals surface area contributed by atoms with E-state index in [0.29, 0.717) is 19.3 Å². The minimum atomic E-state index is -1.08. The fourth-order valence-electron chi connectivity index (χ4n) is 2.56. The molecule has 0 fully saturated rings. The highest BCUT2D eigenvalue weighted by molar-refractivity contribution is 5.91. The second-order valence-electron chi connectivity index (χ2n) is 7.96. The number of hydrogen-bond donors (Lipinski definition) is 4. The summed E-state index contributed by atoms with van der Waals surface area (Å²) < 4.78 is 0. The second kappa shape index (κ2) is 11.1. The van der Waals surface area contributed by atoms with Crippen molar-refractivity contribution in [1.82, 2.24) is 10.6 Å². The van der Waals surface area contributed by atoms with Gasteiger partial charge in [-0.3, -0.25) is 9.59 Å². The smallest absolute Gasteiger partial charge is 0.326 e. The predicted molar refractivity (Wildman–Crippen MR) is 97.8 cm³/mol. The van der Waals surface area contributed by atoms with Crippen molar-refractivity contribution in [3.8, 4) is 0 Å². The highest BCUT2D eigenvalue weighted by Crippen LogP contribution is 2.10. The van der Waals surface area contributed by atoms with E-state index in [-0.39, 0.29) is 23.7 Å². The van der Waals surface area contributed by atoms with Crippen molar-refractivity contribution in [2.24, 2.45) is 23.5 Å². The third-order valence-corrected chi connectivity index (χ3v) is 3.72. The van der Waals surface area contributed by atoms with E-state index in [0.717, 1.165) is 0 Å². The molecule has 0 aromatic rings. The van der Waals surface area contributed by atoms with Gasteiger partial charge in [-0.2, -0.15) is 0 Å². The first-order valence-electron chi connectivity index (χ1n) is 9.03. The Bertz CT molecular complexity index is 450. The molecule has 0 spiro atoms. The molecule has 0 bridgehead atoms. The molecule has 0 aliphatic heterocycles. The van der Waals surface area contributed by atoms with Crippen molar-refractivity contribution in [1.29, 1.82) is 0 Å². The van der Waals surface area contributed by atoms with E-state index >= 15 is 0 Å². The average Bonchev–Trinajstić information content (AvgIpc) is 2.43. The lowest BCUT2D eigenvalue weighted by atomic mass is 9.99. The largest absolute Gasteiger partial charge is 0.480 e. The number of hydrogen-bond acceptors (Lipinski definition) is 4. The topological polar surface area (TPSA) is 122 Å². The first-order valence-corrected chi connectivity index (χ1v) is 9.03. The van der Waals surface area contributed by atoms with Gasteiger partial charge in [-0.1, -0.05) is 41.5 Å². The summed E-state index contributed by atoms with van der Waals surface area (Å²) in [6.07, 6.45) is 1.27. The molecule has 0 aromatic heterocycles. The fourth-order valence-corrected chi connectivity index (χ4v) is 2.56. The minimum Gasteiger partial charge on any atom is -0.480 e. The quantitative estimate of drug-likeness (QED) is 0.446. The normalized spacial score (nSPS) is 15.1.